The first-order valence-corrected chi connectivity index (χ1v) is 9.32. The number of imide groups is 1. The maximum atomic E-state index is 13.0. The van der Waals surface area contributed by atoms with Crippen LogP contribution < -0.4 is 4.90 Å². The predicted octanol–water partition coefficient (Wildman–Crippen LogP) is 3.63. The molecule has 9 heteroatoms. The van der Waals surface area contributed by atoms with Gasteiger partial charge in [-0.05, 0) is 31.5 Å². The molecule has 0 aliphatic carbocycles. The fourth-order valence-electron chi connectivity index (χ4n) is 2.60. The van der Waals surface area contributed by atoms with Crippen LogP contribution in [0.15, 0.2) is 18.3 Å². The summed E-state index contributed by atoms with van der Waals surface area (Å²) >= 11 is 7.19. The van der Waals surface area contributed by atoms with E-state index in [2.05, 4.69) is 15.2 Å². The first kappa shape index (κ1) is 18.7. The zero-order chi connectivity index (χ0) is 19.3. The van der Waals surface area contributed by atoms with Crippen molar-refractivity contribution in [1.82, 2.24) is 20.1 Å². The highest BCUT2D eigenvalue weighted by atomic mass is 35.5. The van der Waals surface area contributed by atoms with Crippen LogP contribution in [0.5, 0.6) is 0 Å². The van der Waals surface area contributed by atoms with E-state index in [4.69, 9.17) is 11.6 Å². The molecule has 26 heavy (non-hydrogen) atoms. The van der Waals surface area contributed by atoms with Crippen LogP contribution in [-0.4, -0.2) is 37.6 Å². The standard InChI is InChI=1S/C17H20ClN5O2S/c1-16(2,3)12-20-21-14(26-12)23-13(24)17(4,5)22(15(23)25)9-10-6-7-19-11(18)8-10/h6-8H,9H2,1-5H3. The topological polar surface area (TPSA) is 79.3 Å². The number of pyridine rings is 1. The van der Waals surface area contributed by atoms with Gasteiger partial charge in [-0.25, -0.2) is 14.7 Å². The van der Waals surface area contributed by atoms with Crippen LogP contribution in [0.25, 0.3) is 0 Å². The van der Waals surface area contributed by atoms with Crippen LogP contribution in [0, 0.1) is 0 Å². The molecule has 2 aromatic rings. The Labute approximate surface area is 161 Å². The Kier molecular flexibility index (Phi) is 4.52. The SMILES string of the molecule is CC(C)(C)c1nnc(N2C(=O)N(Cc3ccnc(Cl)c3)C(C)(C)C2=O)s1. The summed E-state index contributed by atoms with van der Waals surface area (Å²) in [6, 6.07) is 3.04. The monoisotopic (exact) mass is 393 g/mol. The molecule has 0 bridgehead atoms. The van der Waals surface area contributed by atoms with Crippen molar-refractivity contribution in [2.24, 2.45) is 0 Å². The molecule has 0 aromatic carbocycles. The van der Waals surface area contributed by atoms with Gasteiger partial charge in [0.2, 0.25) is 5.13 Å². The van der Waals surface area contributed by atoms with E-state index in [0.717, 1.165) is 15.5 Å². The quantitative estimate of drug-likeness (QED) is 0.587. The van der Waals surface area contributed by atoms with E-state index in [1.807, 2.05) is 20.8 Å². The third kappa shape index (κ3) is 3.19. The number of rotatable bonds is 3. The van der Waals surface area contributed by atoms with E-state index >= 15 is 0 Å². The number of nitrogens with zero attached hydrogens (tertiary/aromatic N) is 5. The molecule has 0 saturated carbocycles. The van der Waals surface area contributed by atoms with Gasteiger partial charge in [-0.15, -0.1) is 10.2 Å². The number of urea groups is 1. The Hall–Kier alpha value is -2.06. The van der Waals surface area contributed by atoms with Crippen molar-refractivity contribution in [2.45, 2.75) is 52.1 Å². The second-order valence-corrected chi connectivity index (χ2v) is 9.04. The second-order valence-electron chi connectivity index (χ2n) is 7.69. The molecule has 0 spiro atoms. The molecule has 3 rings (SSSR count). The third-order valence-corrected chi connectivity index (χ3v) is 5.74. The lowest BCUT2D eigenvalue weighted by Crippen LogP contribution is -2.43. The van der Waals surface area contributed by atoms with Crippen LogP contribution in [0.3, 0.4) is 0 Å². The van der Waals surface area contributed by atoms with Crippen molar-refractivity contribution in [3.63, 3.8) is 0 Å². The van der Waals surface area contributed by atoms with E-state index in [9.17, 15) is 9.59 Å². The van der Waals surface area contributed by atoms with Gasteiger partial charge in [0.15, 0.2) is 0 Å². The van der Waals surface area contributed by atoms with Gasteiger partial charge in [-0.2, -0.15) is 0 Å². The van der Waals surface area contributed by atoms with Gasteiger partial charge in [0, 0.05) is 18.2 Å². The van der Waals surface area contributed by atoms with Crippen molar-refractivity contribution < 1.29 is 9.59 Å². The summed E-state index contributed by atoms with van der Waals surface area (Å²) in [6.07, 6.45) is 1.57. The molecule has 0 unspecified atom stereocenters. The van der Waals surface area contributed by atoms with Crippen molar-refractivity contribution >= 4 is 40.0 Å². The van der Waals surface area contributed by atoms with Gasteiger partial charge in [0.05, 0.1) is 0 Å². The largest absolute Gasteiger partial charge is 0.334 e. The average Bonchev–Trinajstić information content (AvgIpc) is 3.07. The maximum absolute atomic E-state index is 13.0. The van der Waals surface area contributed by atoms with Crippen molar-refractivity contribution in [2.75, 3.05) is 4.90 Å². The fourth-order valence-corrected chi connectivity index (χ4v) is 3.69. The molecule has 1 saturated heterocycles. The number of hydrogen-bond donors (Lipinski definition) is 0. The highest BCUT2D eigenvalue weighted by Gasteiger charge is 2.53. The summed E-state index contributed by atoms with van der Waals surface area (Å²) < 4.78 is 0. The Balaban J connectivity index is 1.93. The van der Waals surface area contributed by atoms with Gasteiger partial charge in [-0.3, -0.25) is 4.79 Å². The van der Waals surface area contributed by atoms with E-state index in [1.54, 1.807) is 32.2 Å². The summed E-state index contributed by atoms with van der Waals surface area (Å²) in [6.45, 7) is 9.72. The number of anilines is 1. The van der Waals surface area contributed by atoms with E-state index in [1.165, 1.54) is 16.2 Å². The Morgan fingerprint density at radius 1 is 1.23 bits per heavy atom. The molecule has 1 aliphatic heterocycles. The zero-order valence-electron chi connectivity index (χ0n) is 15.3. The predicted molar refractivity (Wildman–Crippen MR) is 100 cm³/mol. The maximum Gasteiger partial charge on any atom is 0.334 e. The van der Waals surface area contributed by atoms with Crippen LogP contribution in [0.1, 0.15) is 45.2 Å². The Morgan fingerprint density at radius 3 is 2.50 bits per heavy atom. The number of carbonyl (C=O) groups is 2. The molecule has 0 radical (unpaired) electrons. The van der Waals surface area contributed by atoms with Crippen LogP contribution >= 0.6 is 22.9 Å². The number of hydrogen-bond acceptors (Lipinski definition) is 6. The van der Waals surface area contributed by atoms with Crippen LogP contribution in [-0.2, 0) is 16.8 Å². The van der Waals surface area contributed by atoms with Gasteiger partial charge in [-0.1, -0.05) is 43.7 Å². The normalized spacial score (nSPS) is 17.3. The summed E-state index contributed by atoms with van der Waals surface area (Å²) in [7, 11) is 0. The number of carbonyl (C=O) groups excluding carboxylic acids is 2. The van der Waals surface area contributed by atoms with Gasteiger partial charge in [0.25, 0.3) is 5.91 Å². The lowest BCUT2D eigenvalue weighted by atomic mass is 9.98. The summed E-state index contributed by atoms with van der Waals surface area (Å²) in [4.78, 5) is 32.5. The van der Waals surface area contributed by atoms with Crippen molar-refractivity contribution in [3.8, 4) is 0 Å². The van der Waals surface area contributed by atoms with E-state index < -0.39 is 11.6 Å². The minimum Gasteiger partial charge on any atom is -0.305 e. The minimum atomic E-state index is -1.000. The average molecular weight is 394 g/mol. The summed E-state index contributed by atoms with van der Waals surface area (Å²) in [5.41, 5.74) is -0.404. The molecule has 7 nitrogen and oxygen atoms in total. The Bertz CT molecular complexity index is 874. The zero-order valence-corrected chi connectivity index (χ0v) is 16.9. The van der Waals surface area contributed by atoms with Crippen LogP contribution in [0.4, 0.5) is 9.93 Å². The second kappa shape index (κ2) is 6.28. The molecule has 1 fully saturated rings. The smallest absolute Gasteiger partial charge is 0.305 e. The minimum absolute atomic E-state index is 0.204. The van der Waals surface area contributed by atoms with Gasteiger partial charge < -0.3 is 4.90 Å². The summed E-state index contributed by atoms with van der Waals surface area (Å²) in [5, 5.41) is 9.64. The van der Waals surface area contributed by atoms with Gasteiger partial charge in [0.1, 0.15) is 15.7 Å². The highest BCUT2D eigenvalue weighted by Crippen LogP contribution is 2.36. The van der Waals surface area contributed by atoms with E-state index in [-0.39, 0.29) is 17.9 Å². The fraction of sp³-hybridized carbons (Fsp3) is 0.471. The van der Waals surface area contributed by atoms with Crippen LogP contribution in [0.2, 0.25) is 5.15 Å². The molecular formula is C17H20ClN5O2S. The molecule has 0 N–H and O–H groups in total. The first-order valence-electron chi connectivity index (χ1n) is 8.12. The molecule has 2 aromatic heterocycles. The van der Waals surface area contributed by atoms with E-state index in [0.29, 0.717) is 10.3 Å². The van der Waals surface area contributed by atoms with Gasteiger partial charge >= 0.3 is 6.03 Å². The van der Waals surface area contributed by atoms with Crippen molar-refractivity contribution in [1.29, 1.82) is 0 Å². The number of amides is 3. The lowest BCUT2D eigenvalue weighted by molar-refractivity contribution is -0.123. The molecule has 138 valence electrons. The molecule has 1 aliphatic rings. The molecule has 3 heterocycles. The Morgan fingerprint density at radius 2 is 1.92 bits per heavy atom. The lowest BCUT2D eigenvalue weighted by Gasteiger charge is -2.27. The summed E-state index contributed by atoms with van der Waals surface area (Å²) in [5.74, 6) is -0.320. The highest BCUT2D eigenvalue weighted by molar-refractivity contribution is 7.15. The van der Waals surface area contributed by atoms with Crippen molar-refractivity contribution in [3.05, 3.63) is 34.1 Å². The third-order valence-electron chi connectivity index (χ3n) is 4.20. The number of halogens is 1. The molecule has 0 atom stereocenters. The first-order chi connectivity index (χ1) is 12.0. The molecule has 3 amide bonds. The number of aromatic nitrogens is 3. The molecular weight excluding hydrogens is 374 g/mol.